The molecule has 7 heteroatoms. The smallest absolute Gasteiger partial charge is 0.251 e. The van der Waals surface area contributed by atoms with Crippen LogP contribution in [0.15, 0.2) is 40.9 Å². The second-order valence-corrected chi connectivity index (χ2v) is 6.67. The molecule has 0 unspecified atom stereocenters. The highest BCUT2D eigenvalue weighted by atomic mass is 79.9. The number of carbonyl (C=O) groups excluding carboxylic acids is 2. The van der Waals surface area contributed by atoms with Crippen LogP contribution < -0.4 is 20.1 Å². The number of carbonyl (C=O) groups is 2. The van der Waals surface area contributed by atoms with Crippen molar-refractivity contribution in [3.05, 3.63) is 52.0 Å². The van der Waals surface area contributed by atoms with Crippen molar-refractivity contribution in [2.24, 2.45) is 0 Å². The third-order valence-corrected chi connectivity index (χ3v) is 4.63. The maximum atomic E-state index is 12.5. The number of ether oxygens (including phenoxy) is 2. The Bertz CT molecular complexity index is 798. The maximum Gasteiger partial charge on any atom is 0.251 e. The van der Waals surface area contributed by atoms with Crippen LogP contribution in [0.3, 0.4) is 0 Å². The molecule has 0 aliphatic carbocycles. The lowest BCUT2D eigenvalue weighted by atomic mass is 10.1. The van der Waals surface area contributed by atoms with Crippen LogP contribution in [0.5, 0.6) is 11.5 Å². The molecule has 2 aromatic rings. The number of methoxy groups -OCH3 is 2. The molecule has 0 bridgehead atoms. The minimum absolute atomic E-state index is 0.0206. The Balaban J connectivity index is 2.06. The lowest BCUT2D eigenvalue weighted by molar-refractivity contribution is -0.116. The molecule has 0 fully saturated rings. The quantitative estimate of drug-likeness (QED) is 0.654. The van der Waals surface area contributed by atoms with Gasteiger partial charge in [0.25, 0.3) is 5.91 Å². The Kier molecular flexibility index (Phi) is 7.67. The van der Waals surface area contributed by atoms with Crippen molar-refractivity contribution in [2.45, 2.75) is 26.3 Å². The Hall–Kier alpha value is -2.54. The van der Waals surface area contributed by atoms with Gasteiger partial charge in [-0.15, -0.1) is 0 Å². The molecule has 2 aromatic carbocycles. The Morgan fingerprint density at radius 2 is 1.74 bits per heavy atom. The molecule has 0 atom stereocenters. The zero-order chi connectivity index (χ0) is 19.8. The van der Waals surface area contributed by atoms with Crippen molar-refractivity contribution < 1.29 is 19.1 Å². The lowest BCUT2D eigenvalue weighted by Crippen LogP contribution is -2.23. The third-order valence-electron chi connectivity index (χ3n) is 3.85. The number of amides is 2. The summed E-state index contributed by atoms with van der Waals surface area (Å²) in [6.45, 7) is 2.29. The first-order valence-electron chi connectivity index (χ1n) is 8.57. The largest absolute Gasteiger partial charge is 0.495 e. The number of rotatable bonds is 8. The molecule has 27 heavy (non-hydrogen) atoms. The fourth-order valence-corrected chi connectivity index (χ4v) is 3.05. The summed E-state index contributed by atoms with van der Waals surface area (Å²) in [5, 5.41) is 5.71. The van der Waals surface area contributed by atoms with Gasteiger partial charge in [-0.3, -0.25) is 9.59 Å². The first-order valence-corrected chi connectivity index (χ1v) is 9.36. The molecule has 2 rings (SSSR count). The highest BCUT2D eigenvalue weighted by molar-refractivity contribution is 9.10. The average Bonchev–Trinajstić information content (AvgIpc) is 2.66. The van der Waals surface area contributed by atoms with Crippen LogP contribution in [0.4, 0.5) is 5.69 Å². The van der Waals surface area contributed by atoms with Crippen LogP contribution in [0, 0.1) is 0 Å². The van der Waals surface area contributed by atoms with Gasteiger partial charge in [-0.05, 0) is 52.2 Å². The number of hydrogen-bond donors (Lipinski definition) is 2. The normalized spacial score (nSPS) is 10.2. The van der Waals surface area contributed by atoms with Crippen molar-refractivity contribution in [3.8, 4) is 11.5 Å². The van der Waals surface area contributed by atoms with Gasteiger partial charge >= 0.3 is 0 Å². The number of halogens is 1. The Morgan fingerprint density at radius 3 is 2.33 bits per heavy atom. The van der Waals surface area contributed by atoms with Crippen LogP contribution in [0.25, 0.3) is 0 Å². The molecule has 2 amide bonds. The van der Waals surface area contributed by atoms with E-state index in [1.807, 2.05) is 31.2 Å². The van der Waals surface area contributed by atoms with Gasteiger partial charge in [-0.2, -0.15) is 0 Å². The highest BCUT2D eigenvalue weighted by Gasteiger charge is 2.14. The molecule has 6 nitrogen and oxygen atoms in total. The van der Waals surface area contributed by atoms with E-state index < -0.39 is 0 Å². The molecule has 2 N–H and O–H groups in total. The molecule has 144 valence electrons. The molecule has 0 saturated heterocycles. The second kappa shape index (κ2) is 9.97. The van der Waals surface area contributed by atoms with E-state index in [4.69, 9.17) is 9.47 Å². The molecule has 0 heterocycles. The molecule has 0 spiro atoms. The van der Waals surface area contributed by atoms with Gasteiger partial charge in [0, 0.05) is 24.2 Å². The maximum absolute atomic E-state index is 12.5. The predicted octanol–water partition coefficient (Wildman–Crippen LogP) is 4.13. The van der Waals surface area contributed by atoms with Crippen molar-refractivity contribution >= 4 is 33.4 Å². The zero-order valence-corrected chi connectivity index (χ0v) is 17.2. The van der Waals surface area contributed by atoms with Crippen molar-refractivity contribution in [1.82, 2.24) is 5.32 Å². The van der Waals surface area contributed by atoms with E-state index in [0.717, 1.165) is 12.0 Å². The number of anilines is 1. The molecule has 0 aliphatic rings. The SMILES string of the molecule is CCCC(=O)Nc1cccc(CNC(=O)c2cc(OC)c(Br)c(OC)c2)c1. The van der Waals surface area contributed by atoms with E-state index in [-0.39, 0.29) is 11.8 Å². The third kappa shape index (κ3) is 5.72. The number of hydrogen-bond acceptors (Lipinski definition) is 4. The fourth-order valence-electron chi connectivity index (χ4n) is 2.49. The van der Waals surface area contributed by atoms with Gasteiger partial charge < -0.3 is 20.1 Å². The van der Waals surface area contributed by atoms with E-state index in [9.17, 15) is 9.59 Å². The first kappa shape index (κ1) is 20.8. The summed E-state index contributed by atoms with van der Waals surface area (Å²) in [5.74, 6) is 0.757. The average molecular weight is 435 g/mol. The van der Waals surface area contributed by atoms with Crippen LogP contribution in [0.2, 0.25) is 0 Å². The summed E-state index contributed by atoms with van der Waals surface area (Å²) < 4.78 is 11.2. The minimum Gasteiger partial charge on any atom is -0.495 e. The van der Waals surface area contributed by atoms with Crippen molar-refractivity contribution in [3.63, 3.8) is 0 Å². The Morgan fingerprint density at radius 1 is 1.07 bits per heavy atom. The van der Waals surface area contributed by atoms with E-state index in [2.05, 4.69) is 26.6 Å². The topological polar surface area (TPSA) is 76.7 Å². The van der Waals surface area contributed by atoms with Crippen molar-refractivity contribution in [1.29, 1.82) is 0 Å². The molecule has 0 saturated carbocycles. The predicted molar refractivity (Wildman–Crippen MR) is 108 cm³/mol. The Labute approximate surface area is 167 Å². The summed E-state index contributed by atoms with van der Waals surface area (Å²) in [5.41, 5.74) is 2.03. The van der Waals surface area contributed by atoms with Crippen LogP contribution in [0.1, 0.15) is 35.7 Å². The van der Waals surface area contributed by atoms with Crippen LogP contribution >= 0.6 is 15.9 Å². The van der Waals surface area contributed by atoms with Gasteiger partial charge in [0.1, 0.15) is 16.0 Å². The van der Waals surface area contributed by atoms with Gasteiger partial charge in [0.05, 0.1) is 14.2 Å². The summed E-state index contributed by atoms with van der Waals surface area (Å²) >= 11 is 3.38. The summed E-state index contributed by atoms with van der Waals surface area (Å²) in [4.78, 5) is 24.2. The summed E-state index contributed by atoms with van der Waals surface area (Å²) in [6.07, 6.45) is 1.27. The minimum atomic E-state index is -0.250. The van der Waals surface area contributed by atoms with Gasteiger partial charge in [0.2, 0.25) is 5.91 Å². The number of benzene rings is 2. The molecular formula is C20H23BrN2O4. The summed E-state index contributed by atoms with van der Waals surface area (Å²) in [7, 11) is 3.05. The van der Waals surface area contributed by atoms with Crippen molar-refractivity contribution in [2.75, 3.05) is 19.5 Å². The van der Waals surface area contributed by atoms with Gasteiger partial charge in [0.15, 0.2) is 0 Å². The van der Waals surface area contributed by atoms with Gasteiger partial charge in [-0.25, -0.2) is 0 Å². The highest BCUT2D eigenvalue weighted by Crippen LogP contribution is 2.35. The first-order chi connectivity index (χ1) is 13.0. The van der Waals surface area contributed by atoms with E-state index in [1.54, 1.807) is 12.1 Å². The fraction of sp³-hybridized carbons (Fsp3) is 0.300. The van der Waals surface area contributed by atoms with E-state index in [0.29, 0.717) is 40.2 Å². The van der Waals surface area contributed by atoms with Gasteiger partial charge in [-0.1, -0.05) is 19.1 Å². The molecule has 0 aromatic heterocycles. The molecule has 0 aliphatic heterocycles. The molecular weight excluding hydrogens is 412 g/mol. The molecule has 0 radical (unpaired) electrons. The zero-order valence-electron chi connectivity index (χ0n) is 15.6. The summed E-state index contributed by atoms with van der Waals surface area (Å²) in [6, 6.07) is 10.7. The van der Waals surface area contributed by atoms with E-state index >= 15 is 0 Å². The second-order valence-electron chi connectivity index (χ2n) is 5.88. The van der Waals surface area contributed by atoms with E-state index in [1.165, 1.54) is 14.2 Å². The number of nitrogens with one attached hydrogen (secondary N) is 2. The standard InChI is InChI=1S/C20H23BrN2O4/c1-4-6-18(24)23-15-8-5-7-13(9-15)12-22-20(25)14-10-16(26-2)19(21)17(11-14)27-3/h5,7-11H,4,6,12H2,1-3H3,(H,22,25)(H,23,24). The van der Waals surface area contributed by atoms with Crippen LogP contribution in [-0.4, -0.2) is 26.0 Å². The monoisotopic (exact) mass is 434 g/mol. The lowest BCUT2D eigenvalue weighted by Gasteiger charge is -2.12. The van der Waals surface area contributed by atoms with Crippen LogP contribution in [-0.2, 0) is 11.3 Å².